The number of hydrogen-bond acceptors (Lipinski definition) is 4. The molecule has 5 heteroatoms. The molecule has 0 aliphatic carbocycles. The zero-order valence-corrected chi connectivity index (χ0v) is 15.3. The third kappa shape index (κ3) is 4.06. The number of amides is 1. The number of carbonyl (C=O) groups is 1. The first-order chi connectivity index (χ1) is 12.7. The second kappa shape index (κ2) is 8.54. The fraction of sp³-hybridized carbons (Fsp3) is 0.286. The molecule has 2 aromatic rings. The Hall–Kier alpha value is -2.79. The molecule has 0 fully saturated rings. The topological polar surface area (TPSA) is 65.2 Å². The van der Waals surface area contributed by atoms with Gasteiger partial charge in [-0.25, -0.2) is 0 Å². The zero-order chi connectivity index (χ0) is 18.4. The monoisotopic (exact) mass is 350 g/mol. The van der Waals surface area contributed by atoms with E-state index in [-0.39, 0.29) is 11.9 Å². The highest BCUT2D eigenvalue weighted by Crippen LogP contribution is 2.34. The van der Waals surface area contributed by atoms with Crippen molar-refractivity contribution in [1.82, 2.24) is 10.6 Å². The van der Waals surface area contributed by atoms with E-state index in [4.69, 9.17) is 0 Å². The van der Waals surface area contributed by atoms with Crippen molar-refractivity contribution in [3.8, 4) is 0 Å². The first kappa shape index (κ1) is 18.0. The van der Waals surface area contributed by atoms with Crippen molar-refractivity contribution in [3.05, 3.63) is 65.9 Å². The summed E-state index contributed by atoms with van der Waals surface area (Å²) in [6.45, 7) is 0.631. The van der Waals surface area contributed by atoms with Crippen LogP contribution in [0.2, 0.25) is 0 Å². The number of rotatable bonds is 6. The molecular formula is C21H26N4O. The van der Waals surface area contributed by atoms with Crippen LogP contribution in [0.3, 0.4) is 0 Å². The van der Waals surface area contributed by atoms with Crippen LogP contribution in [-0.2, 0) is 11.2 Å². The molecule has 1 heterocycles. The van der Waals surface area contributed by atoms with Crippen LogP contribution in [0.4, 0.5) is 11.4 Å². The average molecular weight is 350 g/mol. The van der Waals surface area contributed by atoms with Gasteiger partial charge in [0, 0.05) is 37.8 Å². The lowest BCUT2D eigenvalue weighted by molar-refractivity contribution is -0.115. The maximum absolute atomic E-state index is 11.9. The molecule has 0 saturated carbocycles. The molecule has 5 nitrogen and oxygen atoms in total. The highest BCUT2D eigenvalue weighted by molar-refractivity contribution is 5.99. The summed E-state index contributed by atoms with van der Waals surface area (Å²) in [7, 11) is 3.89. The Morgan fingerprint density at radius 1 is 1.15 bits per heavy atom. The Morgan fingerprint density at radius 2 is 1.96 bits per heavy atom. The van der Waals surface area contributed by atoms with Crippen LogP contribution >= 0.6 is 0 Å². The number of benzene rings is 2. The number of nitrogens with one attached hydrogen (secondary N) is 4. The lowest BCUT2D eigenvalue weighted by atomic mass is 9.92. The van der Waals surface area contributed by atoms with Crippen molar-refractivity contribution in [3.63, 3.8) is 0 Å². The van der Waals surface area contributed by atoms with E-state index in [1.807, 2.05) is 38.5 Å². The fourth-order valence-electron chi connectivity index (χ4n) is 3.34. The first-order valence-corrected chi connectivity index (χ1v) is 8.98. The molecule has 0 bridgehead atoms. The Labute approximate surface area is 154 Å². The van der Waals surface area contributed by atoms with Crippen molar-refractivity contribution in [2.75, 3.05) is 31.3 Å². The quantitative estimate of drug-likeness (QED) is 0.647. The summed E-state index contributed by atoms with van der Waals surface area (Å²) < 4.78 is 0. The van der Waals surface area contributed by atoms with E-state index in [2.05, 4.69) is 51.6 Å². The Morgan fingerprint density at radius 3 is 2.69 bits per heavy atom. The molecule has 26 heavy (non-hydrogen) atoms. The third-order valence-corrected chi connectivity index (χ3v) is 4.61. The van der Waals surface area contributed by atoms with Gasteiger partial charge < -0.3 is 21.3 Å². The van der Waals surface area contributed by atoms with E-state index in [1.54, 1.807) is 0 Å². The van der Waals surface area contributed by atoms with Gasteiger partial charge in [0.05, 0.1) is 11.4 Å². The highest BCUT2D eigenvalue weighted by atomic mass is 16.1. The van der Waals surface area contributed by atoms with Crippen molar-refractivity contribution < 1.29 is 4.79 Å². The average Bonchev–Trinajstić information content (AvgIpc) is 2.86. The molecule has 0 spiro atoms. The van der Waals surface area contributed by atoms with E-state index in [0.717, 1.165) is 28.9 Å². The first-order valence-electron chi connectivity index (χ1n) is 8.98. The van der Waals surface area contributed by atoms with E-state index < -0.39 is 0 Å². The van der Waals surface area contributed by atoms with Crippen LogP contribution in [0.1, 0.15) is 17.5 Å². The van der Waals surface area contributed by atoms with Gasteiger partial charge in [0.1, 0.15) is 0 Å². The minimum Gasteiger partial charge on any atom is -0.394 e. The van der Waals surface area contributed by atoms with Crippen LogP contribution in [-0.4, -0.2) is 32.6 Å². The van der Waals surface area contributed by atoms with Crippen molar-refractivity contribution in [2.45, 2.75) is 18.9 Å². The van der Waals surface area contributed by atoms with Crippen molar-refractivity contribution in [1.29, 1.82) is 0 Å². The van der Waals surface area contributed by atoms with Gasteiger partial charge in [0.2, 0.25) is 5.91 Å². The van der Waals surface area contributed by atoms with E-state index in [0.29, 0.717) is 13.0 Å². The number of likely N-dealkylation sites (N-methyl/N-ethyl adjacent to an activating group) is 1. The van der Waals surface area contributed by atoms with Gasteiger partial charge in [-0.05, 0) is 30.7 Å². The summed E-state index contributed by atoms with van der Waals surface area (Å²) in [4.78, 5) is 11.9. The Kier molecular flexibility index (Phi) is 5.92. The normalized spacial score (nSPS) is 15.3. The van der Waals surface area contributed by atoms with E-state index >= 15 is 0 Å². The summed E-state index contributed by atoms with van der Waals surface area (Å²) in [5, 5.41) is 13.0. The Bertz CT molecular complexity index is 786. The minimum absolute atomic E-state index is 0.0435. The summed E-state index contributed by atoms with van der Waals surface area (Å²) in [6, 6.07) is 16.6. The number of para-hydroxylation sites is 1. The number of hydrogen-bond donors (Lipinski definition) is 4. The molecule has 0 saturated heterocycles. The van der Waals surface area contributed by atoms with Gasteiger partial charge in [0.25, 0.3) is 0 Å². The molecule has 1 atom stereocenters. The van der Waals surface area contributed by atoms with Gasteiger partial charge in [-0.3, -0.25) is 4.79 Å². The van der Waals surface area contributed by atoms with Gasteiger partial charge in [-0.15, -0.1) is 0 Å². The second-order valence-corrected chi connectivity index (χ2v) is 6.37. The molecule has 0 radical (unpaired) electrons. The highest BCUT2D eigenvalue weighted by Gasteiger charge is 2.21. The molecular weight excluding hydrogens is 324 g/mol. The molecule has 1 aliphatic rings. The van der Waals surface area contributed by atoms with Gasteiger partial charge in [-0.1, -0.05) is 42.5 Å². The fourth-order valence-corrected chi connectivity index (χ4v) is 3.34. The molecule has 3 rings (SSSR count). The van der Waals surface area contributed by atoms with Crippen LogP contribution in [0.5, 0.6) is 0 Å². The van der Waals surface area contributed by atoms with Crippen LogP contribution < -0.4 is 21.3 Å². The van der Waals surface area contributed by atoms with Crippen LogP contribution in [0, 0.1) is 0 Å². The second-order valence-electron chi connectivity index (χ2n) is 6.37. The predicted octanol–water partition coefficient (Wildman–Crippen LogP) is 2.83. The number of anilines is 2. The summed E-state index contributed by atoms with van der Waals surface area (Å²) in [6.07, 6.45) is 3.38. The van der Waals surface area contributed by atoms with Crippen molar-refractivity contribution in [2.24, 2.45) is 0 Å². The lowest BCUT2D eigenvalue weighted by Crippen LogP contribution is -2.30. The molecule has 136 valence electrons. The smallest absolute Gasteiger partial charge is 0.226 e. The van der Waals surface area contributed by atoms with Gasteiger partial charge in [0.15, 0.2) is 0 Å². The van der Waals surface area contributed by atoms with Gasteiger partial charge >= 0.3 is 0 Å². The SMILES string of the molecule is CN/C=C(/c1cccc2c1NCCC(=O)N2)C(Cc1ccccc1)NC. The molecule has 1 unspecified atom stereocenters. The molecule has 4 N–H and O–H groups in total. The number of fused-ring (bicyclic) bond motifs is 1. The lowest BCUT2D eigenvalue weighted by Gasteiger charge is -2.24. The zero-order valence-electron chi connectivity index (χ0n) is 15.3. The van der Waals surface area contributed by atoms with Crippen LogP contribution in [0.15, 0.2) is 54.7 Å². The van der Waals surface area contributed by atoms with Crippen molar-refractivity contribution >= 4 is 22.9 Å². The van der Waals surface area contributed by atoms with E-state index in [1.165, 1.54) is 5.56 Å². The molecule has 2 aromatic carbocycles. The third-order valence-electron chi connectivity index (χ3n) is 4.61. The minimum atomic E-state index is 0.0435. The predicted molar refractivity (Wildman–Crippen MR) is 108 cm³/mol. The standard InChI is InChI=1S/C21H26N4O/c1-22-14-17(19(23-2)13-15-7-4-3-5-8-15)16-9-6-10-18-21(16)24-12-11-20(26)25-18/h3-10,14,19,22-24H,11-13H2,1-2H3,(H,25,26)/b17-14-. The summed E-state index contributed by atoms with van der Waals surface area (Å²) in [5.41, 5.74) is 5.33. The molecule has 0 aromatic heterocycles. The van der Waals surface area contributed by atoms with Crippen LogP contribution in [0.25, 0.3) is 5.57 Å². The summed E-state index contributed by atoms with van der Waals surface area (Å²) >= 11 is 0. The Balaban J connectivity index is 1.99. The summed E-state index contributed by atoms with van der Waals surface area (Å²) in [5.74, 6) is 0.0435. The van der Waals surface area contributed by atoms with E-state index in [9.17, 15) is 4.79 Å². The molecule has 1 aliphatic heterocycles. The maximum Gasteiger partial charge on any atom is 0.226 e. The van der Waals surface area contributed by atoms with Gasteiger partial charge in [-0.2, -0.15) is 0 Å². The molecule has 1 amide bonds. The largest absolute Gasteiger partial charge is 0.394 e. The number of carbonyl (C=O) groups excluding carboxylic acids is 1. The maximum atomic E-state index is 11.9.